The van der Waals surface area contributed by atoms with Crippen LogP contribution in [0.25, 0.3) is 0 Å². The molecule has 1 fully saturated rings. The van der Waals surface area contributed by atoms with Crippen LogP contribution in [0.4, 0.5) is 0 Å². The van der Waals surface area contributed by atoms with Crippen molar-refractivity contribution in [2.24, 2.45) is 0 Å². The van der Waals surface area contributed by atoms with Crippen LogP contribution in [-0.2, 0) is 5.41 Å². The van der Waals surface area contributed by atoms with Gasteiger partial charge >= 0.3 is 0 Å². The van der Waals surface area contributed by atoms with Crippen LogP contribution in [0, 0.1) is 6.92 Å². The smallest absolute Gasteiger partial charge is 0.264 e. The van der Waals surface area contributed by atoms with Gasteiger partial charge in [0.15, 0.2) is 0 Å². The zero-order valence-corrected chi connectivity index (χ0v) is 13.4. The molecule has 0 spiro atoms. The second-order valence-corrected chi connectivity index (χ2v) is 6.93. The second-order valence-electron chi connectivity index (χ2n) is 6.93. The maximum absolute atomic E-state index is 12.3. The Labute approximate surface area is 125 Å². The Morgan fingerprint density at radius 2 is 1.86 bits per heavy atom. The molecule has 21 heavy (non-hydrogen) atoms. The van der Waals surface area contributed by atoms with Crippen LogP contribution in [0.5, 0.6) is 0 Å². The Balaban J connectivity index is 2.23. The fourth-order valence-corrected chi connectivity index (χ4v) is 2.71. The molecule has 0 radical (unpaired) electrons. The molecule has 2 N–H and O–H groups in total. The highest BCUT2D eigenvalue weighted by molar-refractivity contribution is 5.95. The van der Waals surface area contributed by atoms with Crippen LogP contribution in [-0.4, -0.2) is 21.9 Å². The van der Waals surface area contributed by atoms with E-state index in [1.165, 1.54) is 6.42 Å². The van der Waals surface area contributed by atoms with Gasteiger partial charge < -0.3 is 10.3 Å². The molecular formula is C16H25N3O2. The Hall–Kier alpha value is -1.65. The fraction of sp³-hybridized carbons (Fsp3) is 0.688. The Morgan fingerprint density at radius 1 is 1.24 bits per heavy atom. The molecule has 1 heterocycles. The summed E-state index contributed by atoms with van der Waals surface area (Å²) in [5.74, 6) is 0.313. The van der Waals surface area contributed by atoms with Crippen molar-refractivity contribution in [2.45, 2.75) is 71.3 Å². The summed E-state index contributed by atoms with van der Waals surface area (Å²) in [6.45, 7) is 7.66. The summed E-state index contributed by atoms with van der Waals surface area (Å²) in [5, 5.41) is 2.98. The van der Waals surface area contributed by atoms with Crippen molar-refractivity contribution in [1.82, 2.24) is 15.3 Å². The van der Waals surface area contributed by atoms with Crippen molar-refractivity contribution < 1.29 is 4.79 Å². The summed E-state index contributed by atoms with van der Waals surface area (Å²) >= 11 is 0. The van der Waals surface area contributed by atoms with Crippen molar-refractivity contribution in [2.75, 3.05) is 0 Å². The summed E-state index contributed by atoms with van der Waals surface area (Å²) in [5.41, 5.74) is 0.0498. The largest absolute Gasteiger partial charge is 0.349 e. The predicted molar refractivity (Wildman–Crippen MR) is 82.6 cm³/mol. The SMILES string of the molecule is Cc1nc(C(C)(C)C)[nH]c(=O)c1C(=O)NC1CCCCC1. The number of carbonyl (C=O) groups is 1. The number of nitrogens with one attached hydrogen (secondary N) is 2. The molecule has 0 aliphatic heterocycles. The number of aromatic amines is 1. The number of hydrogen-bond donors (Lipinski definition) is 2. The molecule has 0 unspecified atom stereocenters. The number of nitrogens with zero attached hydrogens (tertiary/aromatic N) is 1. The third-order valence-electron chi connectivity index (χ3n) is 3.98. The Kier molecular flexibility index (Phi) is 4.49. The van der Waals surface area contributed by atoms with Crippen molar-refractivity contribution >= 4 is 5.91 Å². The molecule has 1 aromatic heterocycles. The molecule has 2 rings (SSSR count). The van der Waals surface area contributed by atoms with Gasteiger partial charge in [0.25, 0.3) is 11.5 Å². The Bertz CT molecular complexity index is 578. The van der Waals surface area contributed by atoms with Gasteiger partial charge in [-0.25, -0.2) is 4.98 Å². The van der Waals surface area contributed by atoms with Gasteiger partial charge in [0.05, 0.1) is 5.69 Å². The lowest BCUT2D eigenvalue weighted by molar-refractivity contribution is 0.0925. The molecule has 1 saturated carbocycles. The monoisotopic (exact) mass is 291 g/mol. The minimum atomic E-state index is -0.347. The van der Waals surface area contributed by atoms with E-state index in [0.717, 1.165) is 25.7 Å². The first-order chi connectivity index (χ1) is 9.79. The van der Waals surface area contributed by atoms with Crippen molar-refractivity contribution in [3.8, 4) is 0 Å². The third-order valence-corrected chi connectivity index (χ3v) is 3.98. The third kappa shape index (κ3) is 3.71. The Morgan fingerprint density at radius 3 is 2.38 bits per heavy atom. The van der Waals surface area contributed by atoms with Crippen LogP contribution in [0.2, 0.25) is 0 Å². The topological polar surface area (TPSA) is 74.8 Å². The first-order valence-electron chi connectivity index (χ1n) is 7.71. The van der Waals surface area contributed by atoms with Gasteiger partial charge in [0.1, 0.15) is 11.4 Å². The second kappa shape index (κ2) is 6.00. The molecule has 0 bridgehead atoms. The van der Waals surface area contributed by atoms with Crippen LogP contribution in [0.15, 0.2) is 4.79 Å². The van der Waals surface area contributed by atoms with E-state index in [1.807, 2.05) is 20.8 Å². The maximum Gasteiger partial charge on any atom is 0.264 e. The van der Waals surface area contributed by atoms with E-state index in [4.69, 9.17) is 0 Å². The zero-order chi connectivity index (χ0) is 15.6. The summed E-state index contributed by atoms with van der Waals surface area (Å²) < 4.78 is 0. The minimum absolute atomic E-state index is 0.147. The highest BCUT2D eigenvalue weighted by Crippen LogP contribution is 2.19. The van der Waals surface area contributed by atoms with E-state index in [1.54, 1.807) is 6.92 Å². The summed E-state index contributed by atoms with van der Waals surface area (Å²) in [6, 6.07) is 0.187. The van der Waals surface area contributed by atoms with E-state index >= 15 is 0 Å². The molecule has 0 saturated heterocycles. The standard InChI is InChI=1S/C16H25N3O2/c1-10-12(13(20)18-11-8-6-5-7-9-11)14(21)19-15(17-10)16(2,3)4/h11H,5-9H2,1-4H3,(H,18,20)(H,17,19,21). The van der Waals surface area contributed by atoms with Gasteiger partial charge in [-0.05, 0) is 19.8 Å². The number of hydrogen-bond acceptors (Lipinski definition) is 3. The number of aromatic nitrogens is 2. The molecule has 5 nitrogen and oxygen atoms in total. The number of carbonyl (C=O) groups excluding carboxylic acids is 1. The molecule has 1 aliphatic carbocycles. The zero-order valence-electron chi connectivity index (χ0n) is 13.4. The lowest BCUT2D eigenvalue weighted by Gasteiger charge is -2.23. The van der Waals surface area contributed by atoms with Crippen LogP contribution in [0.3, 0.4) is 0 Å². The van der Waals surface area contributed by atoms with E-state index in [2.05, 4.69) is 15.3 Å². The van der Waals surface area contributed by atoms with Crippen molar-refractivity contribution in [3.05, 3.63) is 27.4 Å². The van der Waals surface area contributed by atoms with E-state index in [-0.39, 0.29) is 28.5 Å². The number of H-pyrrole nitrogens is 1. The van der Waals surface area contributed by atoms with Gasteiger partial charge in [-0.2, -0.15) is 0 Å². The average molecular weight is 291 g/mol. The van der Waals surface area contributed by atoms with Gasteiger partial charge in [-0.1, -0.05) is 40.0 Å². The molecule has 1 aromatic rings. The molecule has 5 heteroatoms. The number of rotatable bonds is 2. The van der Waals surface area contributed by atoms with Gasteiger partial charge in [-0.3, -0.25) is 9.59 Å². The number of aryl methyl sites for hydroxylation is 1. The number of amides is 1. The van der Waals surface area contributed by atoms with Crippen LogP contribution < -0.4 is 10.9 Å². The first-order valence-corrected chi connectivity index (χ1v) is 7.71. The highest BCUT2D eigenvalue weighted by atomic mass is 16.2. The molecule has 1 aliphatic rings. The van der Waals surface area contributed by atoms with Gasteiger partial charge in [0, 0.05) is 11.5 Å². The summed E-state index contributed by atoms with van der Waals surface area (Å²) in [4.78, 5) is 31.7. The lowest BCUT2D eigenvalue weighted by Crippen LogP contribution is -2.40. The molecule has 1 amide bonds. The molecular weight excluding hydrogens is 266 g/mol. The first kappa shape index (κ1) is 15.7. The van der Waals surface area contributed by atoms with Gasteiger partial charge in [0.2, 0.25) is 0 Å². The van der Waals surface area contributed by atoms with Crippen molar-refractivity contribution in [1.29, 1.82) is 0 Å². The van der Waals surface area contributed by atoms with E-state index < -0.39 is 0 Å². The quantitative estimate of drug-likeness (QED) is 0.878. The fourth-order valence-electron chi connectivity index (χ4n) is 2.71. The minimum Gasteiger partial charge on any atom is -0.349 e. The summed E-state index contributed by atoms with van der Waals surface area (Å²) in [6.07, 6.45) is 5.50. The van der Waals surface area contributed by atoms with E-state index in [9.17, 15) is 9.59 Å². The average Bonchev–Trinajstić information content (AvgIpc) is 2.37. The highest BCUT2D eigenvalue weighted by Gasteiger charge is 2.24. The maximum atomic E-state index is 12.3. The lowest BCUT2D eigenvalue weighted by atomic mass is 9.94. The normalized spacial score (nSPS) is 16.8. The van der Waals surface area contributed by atoms with Crippen molar-refractivity contribution in [3.63, 3.8) is 0 Å². The predicted octanol–water partition coefficient (Wildman–Crippen LogP) is 2.44. The summed E-state index contributed by atoms with van der Waals surface area (Å²) in [7, 11) is 0. The van der Waals surface area contributed by atoms with Crippen LogP contribution in [0.1, 0.15) is 74.8 Å². The van der Waals surface area contributed by atoms with Crippen LogP contribution >= 0.6 is 0 Å². The molecule has 0 atom stereocenters. The van der Waals surface area contributed by atoms with Gasteiger partial charge in [-0.15, -0.1) is 0 Å². The van der Waals surface area contributed by atoms with E-state index in [0.29, 0.717) is 11.5 Å². The molecule has 116 valence electrons. The molecule has 0 aromatic carbocycles.